The summed E-state index contributed by atoms with van der Waals surface area (Å²) in [4.78, 5) is 13.9. The number of hydrogen-bond donors (Lipinski definition) is 1. The Bertz CT molecular complexity index is 483. The summed E-state index contributed by atoms with van der Waals surface area (Å²) in [5, 5.41) is 3.27. The molecule has 88 valence electrons. The number of carbonyl (C=O) groups is 1. The number of rotatable bonds is 1. The van der Waals surface area contributed by atoms with Crippen LogP contribution in [0.5, 0.6) is 0 Å². The van der Waals surface area contributed by atoms with Crippen molar-refractivity contribution < 1.29 is 4.79 Å². The van der Waals surface area contributed by atoms with Gasteiger partial charge in [-0.05, 0) is 31.9 Å². The fourth-order valence-electron chi connectivity index (χ4n) is 2.42. The minimum absolute atomic E-state index is 0.0605. The maximum absolute atomic E-state index is 12.2. The highest BCUT2D eigenvalue weighted by atomic mass is 16.2. The van der Waals surface area contributed by atoms with Crippen LogP contribution in [0.2, 0.25) is 0 Å². The summed E-state index contributed by atoms with van der Waals surface area (Å²) in [7, 11) is 7.77. The van der Waals surface area contributed by atoms with Crippen LogP contribution in [0, 0.1) is 0 Å². The van der Waals surface area contributed by atoms with Gasteiger partial charge in [-0.25, -0.2) is 0 Å². The average molecular weight is 228 g/mol. The molecule has 0 fully saturated rings. The molecular weight excluding hydrogens is 211 g/mol. The molecule has 2 radical (unpaired) electrons. The fraction of sp³-hybridized carbons (Fsp3) is 0.462. The molecule has 1 aliphatic heterocycles. The van der Waals surface area contributed by atoms with Crippen LogP contribution in [0.15, 0.2) is 12.1 Å². The second kappa shape index (κ2) is 3.79. The first kappa shape index (κ1) is 12.0. The van der Waals surface area contributed by atoms with E-state index in [1.807, 2.05) is 40.0 Å². The van der Waals surface area contributed by atoms with Gasteiger partial charge in [0.2, 0.25) is 0 Å². The summed E-state index contributed by atoms with van der Waals surface area (Å²) in [5.41, 5.74) is 3.09. The SMILES string of the molecule is [B]c1ccc2c(c1CC)N(C)C(=O)C(C)(C)N2. The van der Waals surface area contributed by atoms with Gasteiger partial charge in [-0.3, -0.25) is 4.79 Å². The third-order valence-electron chi connectivity index (χ3n) is 3.29. The van der Waals surface area contributed by atoms with Crippen molar-refractivity contribution in [1.82, 2.24) is 0 Å². The van der Waals surface area contributed by atoms with Crippen molar-refractivity contribution >= 4 is 30.6 Å². The van der Waals surface area contributed by atoms with Crippen molar-refractivity contribution in [3.63, 3.8) is 0 Å². The van der Waals surface area contributed by atoms with Gasteiger partial charge in [0.25, 0.3) is 5.91 Å². The monoisotopic (exact) mass is 228 g/mol. The Hall–Kier alpha value is -1.45. The smallest absolute Gasteiger partial charge is 0.251 e. The number of likely N-dealkylation sites (N-methyl/N-ethyl adjacent to an activating group) is 1. The molecule has 0 bridgehead atoms. The quantitative estimate of drug-likeness (QED) is 0.732. The molecule has 3 nitrogen and oxygen atoms in total. The summed E-state index contributed by atoms with van der Waals surface area (Å²) >= 11 is 0. The Morgan fingerprint density at radius 2 is 2.06 bits per heavy atom. The Labute approximate surface area is 104 Å². The van der Waals surface area contributed by atoms with Gasteiger partial charge in [0.1, 0.15) is 13.4 Å². The Balaban J connectivity index is 2.65. The number of fused-ring (bicyclic) bond motifs is 1. The minimum Gasteiger partial charge on any atom is -0.370 e. The van der Waals surface area contributed by atoms with Crippen LogP contribution in [0.25, 0.3) is 0 Å². The molecule has 1 heterocycles. The van der Waals surface area contributed by atoms with Crippen molar-refractivity contribution in [3.05, 3.63) is 17.7 Å². The molecule has 1 aromatic carbocycles. The van der Waals surface area contributed by atoms with E-state index in [-0.39, 0.29) is 5.91 Å². The Morgan fingerprint density at radius 1 is 1.41 bits per heavy atom. The number of nitrogens with zero attached hydrogens (tertiary/aromatic N) is 1. The van der Waals surface area contributed by atoms with Gasteiger partial charge in [0, 0.05) is 7.05 Å². The lowest BCUT2D eigenvalue weighted by Crippen LogP contribution is -2.53. The van der Waals surface area contributed by atoms with Gasteiger partial charge < -0.3 is 10.2 Å². The number of hydrogen-bond acceptors (Lipinski definition) is 2. The normalized spacial score (nSPS) is 17.6. The zero-order valence-corrected chi connectivity index (χ0v) is 10.8. The van der Waals surface area contributed by atoms with E-state index in [0.29, 0.717) is 0 Å². The van der Waals surface area contributed by atoms with Crippen LogP contribution >= 0.6 is 0 Å². The molecule has 1 aliphatic rings. The number of anilines is 2. The van der Waals surface area contributed by atoms with E-state index in [4.69, 9.17) is 7.85 Å². The third-order valence-corrected chi connectivity index (χ3v) is 3.29. The standard InChI is InChI=1S/C13H17BN2O/c1-5-8-9(14)6-7-10-11(8)16(4)12(17)13(2,3)15-10/h6-7,15H,5H2,1-4H3. The largest absolute Gasteiger partial charge is 0.370 e. The van der Waals surface area contributed by atoms with E-state index in [2.05, 4.69) is 5.32 Å². The molecule has 0 unspecified atom stereocenters. The van der Waals surface area contributed by atoms with E-state index in [1.165, 1.54) is 0 Å². The topological polar surface area (TPSA) is 32.3 Å². The highest BCUT2D eigenvalue weighted by Crippen LogP contribution is 2.36. The number of carbonyl (C=O) groups excluding carboxylic acids is 1. The van der Waals surface area contributed by atoms with Gasteiger partial charge in [-0.1, -0.05) is 18.5 Å². The molecule has 1 N–H and O–H groups in total. The summed E-state index contributed by atoms with van der Waals surface area (Å²) in [6, 6.07) is 3.83. The number of benzene rings is 1. The molecule has 0 saturated heterocycles. The van der Waals surface area contributed by atoms with Crippen LogP contribution in [0.4, 0.5) is 11.4 Å². The molecule has 17 heavy (non-hydrogen) atoms. The zero-order valence-electron chi connectivity index (χ0n) is 10.8. The lowest BCUT2D eigenvalue weighted by atomic mass is 9.85. The predicted octanol–water partition coefficient (Wildman–Crippen LogP) is 1.21. The summed E-state index contributed by atoms with van der Waals surface area (Å²) in [6.45, 7) is 5.82. The molecule has 0 aliphatic carbocycles. The van der Waals surface area contributed by atoms with E-state index in [0.717, 1.165) is 28.8 Å². The summed E-state index contributed by atoms with van der Waals surface area (Å²) in [6.07, 6.45) is 0.814. The highest BCUT2D eigenvalue weighted by Gasteiger charge is 2.37. The second-order valence-corrected chi connectivity index (χ2v) is 5.00. The molecule has 0 spiro atoms. The fourth-order valence-corrected chi connectivity index (χ4v) is 2.42. The molecule has 1 amide bonds. The lowest BCUT2D eigenvalue weighted by Gasteiger charge is -2.39. The van der Waals surface area contributed by atoms with Gasteiger partial charge in [0.05, 0.1) is 11.4 Å². The molecule has 0 saturated carbocycles. The van der Waals surface area contributed by atoms with Gasteiger partial charge in [-0.15, -0.1) is 0 Å². The molecule has 0 aromatic heterocycles. The van der Waals surface area contributed by atoms with Crippen LogP contribution < -0.4 is 15.7 Å². The van der Waals surface area contributed by atoms with E-state index in [1.54, 1.807) is 4.90 Å². The molecular formula is C13H17BN2O. The van der Waals surface area contributed by atoms with Crippen LogP contribution in [-0.4, -0.2) is 26.3 Å². The van der Waals surface area contributed by atoms with Gasteiger partial charge in [0.15, 0.2) is 0 Å². The van der Waals surface area contributed by atoms with Crippen LogP contribution in [0.3, 0.4) is 0 Å². The first-order valence-corrected chi connectivity index (χ1v) is 5.86. The van der Waals surface area contributed by atoms with Crippen LogP contribution in [-0.2, 0) is 11.2 Å². The summed E-state index contributed by atoms with van der Waals surface area (Å²) < 4.78 is 0. The zero-order chi connectivity index (χ0) is 12.8. The highest BCUT2D eigenvalue weighted by molar-refractivity contribution is 6.34. The third kappa shape index (κ3) is 1.72. The number of nitrogens with one attached hydrogen (secondary N) is 1. The lowest BCUT2D eigenvalue weighted by molar-refractivity contribution is -0.121. The predicted molar refractivity (Wildman–Crippen MR) is 72.3 cm³/mol. The molecule has 0 atom stereocenters. The minimum atomic E-state index is -0.567. The maximum Gasteiger partial charge on any atom is 0.251 e. The van der Waals surface area contributed by atoms with Crippen LogP contribution in [0.1, 0.15) is 26.3 Å². The maximum atomic E-state index is 12.2. The molecule has 2 rings (SSSR count). The van der Waals surface area contributed by atoms with Crippen molar-refractivity contribution in [2.24, 2.45) is 0 Å². The first-order chi connectivity index (χ1) is 7.88. The van der Waals surface area contributed by atoms with Crippen molar-refractivity contribution in [2.75, 3.05) is 17.3 Å². The molecule has 1 aromatic rings. The van der Waals surface area contributed by atoms with E-state index >= 15 is 0 Å². The first-order valence-electron chi connectivity index (χ1n) is 5.86. The molecule has 4 heteroatoms. The van der Waals surface area contributed by atoms with E-state index in [9.17, 15) is 4.79 Å². The van der Waals surface area contributed by atoms with Crippen molar-refractivity contribution in [3.8, 4) is 0 Å². The Kier molecular flexibility index (Phi) is 2.68. The summed E-state index contributed by atoms with van der Waals surface area (Å²) in [5.74, 6) is 0.0605. The van der Waals surface area contributed by atoms with Gasteiger partial charge >= 0.3 is 0 Å². The van der Waals surface area contributed by atoms with Gasteiger partial charge in [-0.2, -0.15) is 0 Å². The number of amides is 1. The second-order valence-electron chi connectivity index (χ2n) is 5.00. The van der Waals surface area contributed by atoms with Crippen molar-refractivity contribution in [2.45, 2.75) is 32.7 Å². The average Bonchev–Trinajstić information content (AvgIpc) is 2.27. The van der Waals surface area contributed by atoms with Crippen molar-refractivity contribution in [1.29, 1.82) is 0 Å². The Morgan fingerprint density at radius 3 is 2.65 bits per heavy atom. The van der Waals surface area contributed by atoms with E-state index < -0.39 is 5.54 Å².